The van der Waals surface area contributed by atoms with Crippen molar-refractivity contribution in [3.05, 3.63) is 24.1 Å². The Kier molecular flexibility index (Phi) is 4.85. The Labute approximate surface area is 129 Å². The lowest BCUT2D eigenvalue weighted by Crippen LogP contribution is -2.23. The summed E-state index contributed by atoms with van der Waals surface area (Å²) in [4.78, 5) is 16.5. The van der Waals surface area contributed by atoms with E-state index < -0.39 is 0 Å². The number of hydrogen-bond acceptors (Lipinski definition) is 4. The van der Waals surface area contributed by atoms with Crippen molar-refractivity contribution < 1.29 is 9.21 Å². The number of nitrogens with zero attached hydrogens (tertiary/aromatic N) is 1. The summed E-state index contributed by atoms with van der Waals surface area (Å²) in [6.07, 6.45) is 3.34. The lowest BCUT2D eigenvalue weighted by Gasteiger charge is -2.10. The number of carbonyl (C=O) groups is 1. The van der Waals surface area contributed by atoms with Gasteiger partial charge in [-0.3, -0.25) is 4.79 Å². The monoisotopic (exact) mass is 309 g/mol. The SMILES string of the molecule is CCc1nc2cc(NC(=O)C3CCC(N)C3)ccc2o1.Cl. The van der Waals surface area contributed by atoms with Crippen LogP contribution in [0.15, 0.2) is 22.6 Å². The van der Waals surface area contributed by atoms with Crippen LogP contribution < -0.4 is 11.1 Å². The fraction of sp³-hybridized carbons (Fsp3) is 0.467. The molecule has 1 heterocycles. The number of rotatable bonds is 3. The van der Waals surface area contributed by atoms with E-state index in [1.54, 1.807) is 0 Å². The molecule has 114 valence electrons. The molecule has 1 aliphatic carbocycles. The first-order chi connectivity index (χ1) is 9.65. The van der Waals surface area contributed by atoms with E-state index >= 15 is 0 Å². The molecule has 1 saturated carbocycles. The van der Waals surface area contributed by atoms with Crippen molar-refractivity contribution in [2.75, 3.05) is 5.32 Å². The number of aryl methyl sites for hydroxylation is 1. The smallest absolute Gasteiger partial charge is 0.227 e. The van der Waals surface area contributed by atoms with Crippen molar-refractivity contribution >= 4 is 35.1 Å². The van der Waals surface area contributed by atoms with Gasteiger partial charge >= 0.3 is 0 Å². The molecule has 0 radical (unpaired) electrons. The van der Waals surface area contributed by atoms with Crippen LogP contribution in [0.25, 0.3) is 11.1 Å². The molecule has 3 N–H and O–H groups in total. The van der Waals surface area contributed by atoms with Crippen molar-refractivity contribution in [1.29, 1.82) is 0 Å². The molecule has 5 nitrogen and oxygen atoms in total. The molecule has 1 aromatic heterocycles. The first-order valence-corrected chi connectivity index (χ1v) is 7.11. The molecule has 21 heavy (non-hydrogen) atoms. The van der Waals surface area contributed by atoms with E-state index in [2.05, 4.69) is 10.3 Å². The normalized spacial score (nSPS) is 21.2. The zero-order valence-corrected chi connectivity index (χ0v) is 12.8. The number of amides is 1. The average Bonchev–Trinajstić information content (AvgIpc) is 3.03. The quantitative estimate of drug-likeness (QED) is 0.913. The molecular formula is C15H20ClN3O2. The molecule has 1 aromatic carbocycles. The van der Waals surface area contributed by atoms with Gasteiger partial charge in [-0.15, -0.1) is 12.4 Å². The van der Waals surface area contributed by atoms with E-state index in [0.29, 0.717) is 5.89 Å². The fourth-order valence-corrected chi connectivity index (χ4v) is 2.70. The Morgan fingerprint density at radius 1 is 1.48 bits per heavy atom. The van der Waals surface area contributed by atoms with Crippen LogP contribution in [-0.4, -0.2) is 16.9 Å². The zero-order valence-electron chi connectivity index (χ0n) is 12.0. The average molecular weight is 310 g/mol. The maximum Gasteiger partial charge on any atom is 0.227 e. The number of hydrogen-bond donors (Lipinski definition) is 2. The molecule has 0 aliphatic heterocycles. The van der Waals surface area contributed by atoms with Gasteiger partial charge in [-0.25, -0.2) is 4.98 Å². The largest absolute Gasteiger partial charge is 0.441 e. The lowest BCUT2D eigenvalue weighted by atomic mass is 10.1. The molecule has 3 rings (SSSR count). The molecule has 6 heteroatoms. The van der Waals surface area contributed by atoms with E-state index in [1.165, 1.54) is 0 Å². The summed E-state index contributed by atoms with van der Waals surface area (Å²) >= 11 is 0. The van der Waals surface area contributed by atoms with E-state index in [0.717, 1.165) is 42.5 Å². The number of aromatic nitrogens is 1. The number of fused-ring (bicyclic) bond motifs is 1. The summed E-state index contributed by atoms with van der Waals surface area (Å²) in [5, 5.41) is 2.95. The van der Waals surface area contributed by atoms with Crippen molar-refractivity contribution in [1.82, 2.24) is 4.98 Å². The number of benzene rings is 1. The van der Waals surface area contributed by atoms with Crippen molar-refractivity contribution in [2.24, 2.45) is 11.7 Å². The highest BCUT2D eigenvalue weighted by Crippen LogP contribution is 2.26. The third-order valence-electron chi connectivity index (χ3n) is 3.85. The maximum absolute atomic E-state index is 12.1. The molecule has 2 aromatic rings. The first kappa shape index (κ1) is 15.8. The van der Waals surface area contributed by atoms with Crippen LogP contribution in [0.5, 0.6) is 0 Å². The Morgan fingerprint density at radius 2 is 2.29 bits per heavy atom. The molecule has 0 bridgehead atoms. The van der Waals surface area contributed by atoms with Gasteiger partial charge in [0, 0.05) is 24.1 Å². The topological polar surface area (TPSA) is 81.2 Å². The van der Waals surface area contributed by atoms with Gasteiger partial charge in [0.05, 0.1) is 0 Å². The highest BCUT2D eigenvalue weighted by atomic mass is 35.5. The molecule has 2 unspecified atom stereocenters. The lowest BCUT2D eigenvalue weighted by molar-refractivity contribution is -0.119. The molecular weight excluding hydrogens is 290 g/mol. The van der Waals surface area contributed by atoms with Gasteiger partial charge < -0.3 is 15.5 Å². The number of nitrogens with two attached hydrogens (primary N) is 1. The summed E-state index contributed by atoms with van der Waals surface area (Å²) < 4.78 is 5.55. The second-order valence-corrected chi connectivity index (χ2v) is 5.40. The summed E-state index contributed by atoms with van der Waals surface area (Å²) in [7, 11) is 0. The van der Waals surface area contributed by atoms with E-state index in [1.807, 2.05) is 25.1 Å². The summed E-state index contributed by atoms with van der Waals surface area (Å²) in [6.45, 7) is 2.00. The number of carbonyl (C=O) groups excluding carboxylic acids is 1. The highest BCUT2D eigenvalue weighted by molar-refractivity contribution is 5.94. The summed E-state index contributed by atoms with van der Waals surface area (Å²) in [5.74, 6) is 0.797. The number of anilines is 1. The Bertz CT molecular complexity index is 641. The van der Waals surface area contributed by atoms with E-state index in [9.17, 15) is 4.79 Å². The zero-order chi connectivity index (χ0) is 14.1. The molecule has 2 atom stereocenters. The van der Waals surface area contributed by atoms with Crippen LogP contribution in [0.2, 0.25) is 0 Å². The van der Waals surface area contributed by atoms with Crippen LogP contribution in [-0.2, 0) is 11.2 Å². The first-order valence-electron chi connectivity index (χ1n) is 7.11. The van der Waals surface area contributed by atoms with Gasteiger partial charge in [0.2, 0.25) is 5.91 Å². The minimum Gasteiger partial charge on any atom is -0.441 e. The second-order valence-electron chi connectivity index (χ2n) is 5.40. The number of oxazole rings is 1. The third-order valence-corrected chi connectivity index (χ3v) is 3.85. The Hall–Kier alpha value is -1.59. The van der Waals surface area contributed by atoms with Gasteiger partial charge in [-0.05, 0) is 37.5 Å². The van der Waals surface area contributed by atoms with Crippen molar-refractivity contribution in [3.63, 3.8) is 0 Å². The molecule has 0 spiro atoms. The van der Waals surface area contributed by atoms with Crippen LogP contribution in [0.3, 0.4) is 0 Å². The van der Waals surface area contributed by atoms with Gasteiger partial charge in [0.1, 0.15) is 5.52 Å². The minimum atomic E-state index is 0. The molecule has 0 saturated heterocycles. The highest BCUT2D eigenvalue weighted by Gasteiger charge is 2.27. The molecule has 1 fully saturated rings. The van der Waals surface area contributed by atoms with Crippen LogP contribution in [0, 0.1) is 5.92 Å². The predicted octanol–water partition coefficient (Wildman–Crippen LogP) is 2.88. The molecule has 1 aliphatic rings. The van der Waals surface area contributed by atoms with Gasteiger partial charge in [-0.2, -0.15) is 0 Å². The van der Waals surface area contributed by atoms with Gasteiger partial charge in [0.15, 0.2) is 11.5 Å². The van der Waals surface area contributed by atoms with Crippen molar-refractivity contribution in [2.45, 2.75) is 38.6 Å². The van der Waals surface area contributed by atoms with Gasteiger partial charge in [0.25, 0.3) is 0 Å². The maximum atomic E-state index is 12.1. The molecule has 1 amide bonds. The van der Waals surface area contributed by atoms with E-state index in [4.69, 9.17) is 10.2 Å². The standard InChI is InChI=1S/C15H19N3O2.ClH/c1-2-14-18-12-8-11(5-6-13(12)20-14)17-15(19)9-3-4-10(16)7-9;/h5-6,8-10H,2-4,7,16H2,1H3,(H,17,19);1H. The number of halogens is 1. The predicted molar refractivity (Wildman–Crippen MR) is 84.6 cm³/mol. The van der Waals surface area contributed by atoms with Crippen molar-refractivity contribution in [3.8, 4) is 0 Å². The summed E-state index contributed by atoms with van der Waals surface area (Å²) in [6, 6.07) is 5.71. The number of nitrogens with one attached hydrogen (secondary N) is 1. The fourth-order valence-electron chi connectivity index (χ4n) is 2.70. The Balaban J connectivity index is 0.00000161. The third kappa shape index (κ3) is 3.36. The minimum absolute atomic E-state index is 0. The van der Waals surface area contributed by atoms with Crippen LogP contribution in [0.1, 0.15) is 32.1 Å². The van der Waals surface area contributed by atoms with Crippen LogP contribution >= 0.6 is 12.4 Å². The Morgan fingerprint density at radius 3 is 2.95 bits per heavy atom. The van der Waals surface area contributed by atoms with E-state index in [-0.39, 0.29) is 30.3 Å². The summed E-state index contributed by atoms with van der Waals surface area (Å²) in [5.41, 5.74) is 8.14. The second kappa shape index (κ2) is 6.45. The van der Waals surface area contributed by atoms with Gasteiger partial charge in [-0.1, -0.05) is 6.92 Å². The van der Waals surface area contributed by atoms with Crippen LogP contribution in [0.4, 0.5) is 5.69 Å².